The fourth-order valence-electron chi connectivity index (χ4n) is 2.58. The second-order valence-corrected chi connectivity index (χ2v) is 7.09. The van der Waals surface area contributed by atoms with Crippen LogP contribution < -0.4 is 61.9 Å². The second-order valence-electron chi connectivity index (χ2n) is 7.09. The van der Waals surface area contributed by atoms with E-state index < -0.39 is 0 Å². The number of nitrogens with one attached hydrogen (secondary N) is 2. The Kier molecular flexibility index (Phi) is 12.7. The van der Waals surface area contributed by atoms with Gasteiger partial charge in [0.15, 0.2) is 0 Å². The minimum Gasteiger partial charge on any atom is -0.488 e. The summed E-state index contributed by atoms with van der Waals surface area (Å²) in [6.45, 7) is 11.1. The molecule has 0 saturated heterocycles. The summed E-state index contributed by atoms with van der Waals surface area (Å²) in [7, 11) is 3.65. The van der Waals surface area contributed by atoms with Crippen LogP contribution in [-0.2, 0) is 0 Å². The van der Waals surface area contributed by atoms with Crippen molar-refractivity contribution in [3.8, 4) is 5.75 Å². The number of nitrogen functional groups attached to an aromatic ring is 1. The molecule has 0 aromatic heterocycles. The largest absolute Gasteiger partial charge is 1.00 e. The van der Waals surface area contributed by atoms with Gasteiger partial charge in [0.05, 0.1) is 11.4 Å². The van der Waals surface area contributed by atoms with Gasteiger partial charge in [0.1, 0.15) is 11.4 Å². The van der Waals surface area contributed by atoms with Crippen molar-refractivity contribution in [3.63, 3.8) is 0 Å². The predicted molar refractivity (Wildman–Crippen MR) is 120 cm³/mol. The maximum absolute atomic E-state index is 8.40. The molecule has 0 atom stereocenters. The van der Waals surface area contributed by atoms with E-state index in [9.17, 15) is 0 Å². The van der Waals surface area contributed by atoms with Crippen molar-refractivity contribution < 1.29 is 56.1 Å². The third-order valence-electron chi connectivity index (χ3n) is 4.62. The summed E-state index contributed by atoms with van der Waals surface area (Å²) in [5, 5.41) is 21.0. The average Bonchev–Trinajstić information content (AvgIpc) is 3.43. The molecule has 0 amide bonds. The maximum Gasteiger partial charge on any atom is 1.00 e. The van der Waals surface area contributed by atoms with Crippen LogP contribution >= 0.6 is 0 Å². The zero-order valence-electron chi connectivity index (χ0n) is 18.6. The number of hydrogen-bond acceptors (Lipinski definition) is 5. The molecule has 1 aromatic rings. The summed E-state index contributed by atoms with van der Waals surface area (Å²) in [5.41, 5.74) is 7.08. The Bertz CT molecular complexity index is 728. The Morgan fingerprint density at radius 1 is 1.34 bits per heavy atom. The van der Waals surface area contributed by atoms with Gasteiger partial charge >= 0.3 is 51.4 Å². The van der Waals surface area contributed by atoms with Crippen LogP contribution in [0.25, 0.3) is 5.32 Å². The van der Waals surface area contributed by atoms with Crippen molar-refractivity contribution in [1.82, 2.24) is 4.90 Å². The van der Waals surface area contributed by atoms with Crippen LogP contribution in [0.15, 0.2) is 43.3 Å². The van der Waals surface area contributed by atoms with Crippen molar-refractivity contribution in [1.29, 1.82) is 10.8 Å². The molecule has 1 aliphatic carbocycles. The van der Waals surface area contributed by atoms with E-state index in [0.717, 1.165) is 32.2 Å². The summed E-state index contributed by atoms with van der Waals surface area (Å²) in [5.74, 6) is 1.38. The molecule has 2 rings (SSSR count). The van der Waals surface area contributed by atoms with Crippen molar-refractivity contribution in [2.75, 3.05) is 26.4 Å². The maximum atomic E-state index is 8.40. The molecule has 7 heteroatoms. The van der Waals surface area contributed by atoms with Crippen molar-refractivity contribution in [2.24, 2.45) is 0 Å². The topological polar surface area (TPSA) is 100 Å². The SMILES string of the molecule is C=C.CCCCN(C)/C(=C/C(=N)C(=N)c1cc(OC2(C)CC2)ccc1N)[N-]C.[K+]. The Hall–Kier alpha value is -1.12. The molecule has 6 nitrogen and oxygen atoms in total. The molecular weight excluding hydrogens is 389 g/mol. The number of nitrogens with zero attached hydrogens (tertiary/aromatic N) is 2. The fraction of sp³-hybridized carbons (Fsp3) is 0.455. The van der Waals surface area contributed by atoms with Gasteiger partial charge in [-0.1, -0.05) is 46.2 Å². The number of ether oxygens (including phenoxy) is 1. The number of allylic oxidation sites excluding steroid dienone is 1. The zero-order chi connectivity index (χ0) is 21.3. The van der Waals surface area contributed by atoms with Crippen LogP contribution in [0, 0.1) is 10.8 Å². The van der Waals surface area contributed by atoms with Gasteiger partial charge in [-0.15, -0.1) is 13.2 Å². The van der Waals surface area contributed by atoms with Crippen molar-refractivity contribution in [2.45, 2.75) is 45.1 Å². The number of anilines is 1. The third-order valence-corrected chi connectivity index (χ3v) is 4.62. The van der Waals surface area contributed by atoms with E-state index in [2.05, 4.69) is 32.3 Å². The predicted octanol–water partition coefficient (Wildman–Crippen LogP) is 1.97. The van der Waals surface area contributed by atoms with Gasteiger partial charge in [-0.2, -0.15) is 0 Å². The summed E-state index contributed by atoms with van der Waals surface area (Å²) in [6.07, 6.45) is 5.84. The van der Waals surface area contributed by atoms with Gasteiger partial charge in [0.25, 0.3) is 0 Å². The molecule has 1 aliphatic rings. The minimum atomic E-state index is -0.0980. The van der Waals surface area contributed by atoms with Crippen LogP contribution in [0.5, 0.6) is 5.75 Å². The minimum absolute atomic E-state index is 0. The van der Waals surface area contributed by atoms with E-state index in [4.69, 9.17) is 21.3 Å². The molecule has 154 valence electrons. The van der Waals surface area contributed by atoms with Gasteiger partial charge in [0.2, 0.25) is 0 Å². The Morgan fingerprint density at radius 2 is 1.97 bits per heavy atom. The zero-order valence-corrected chi connectivity index (χ0v) is 21.8. The van der Waals surface area contributed by atoms with E-state index in [1.807, 2.05) is 18.0 Å². The van der Waals surface area contributed by atoms with E-state index in [0.29, 0.717) is 22.8 Å². The molecule has 4 N–H and O–H groups in total. The van der Waals surface area contributed by atoms with Crippen molar-refractivity contribution >= 4 is 17.1 Å². The van der Waals surface area contributed by atoms with E-state index >= 15 is 0 Å². The van der Waals surface area contributed by atoms with E-state index in [-0.39, 0.29) is 68.4 Å². The Morgan fingerprint density at radius 3 is 2.48 bits per heavy atom. The van der Waals surface area contributed by atoms with Gasteiger partial charge < -0.3 is 20.7 Å². The molecular formula is C22H34KN5O. The number of nitrogens with two attached hydrogens (primary N) is 1. The first kappa shape index (κ1) is 27.9. The number of rotatable bonds is 10. The van der Waals surface area contributed by atoms with Crippen LogP contribution in [0.3, 0.4) is 0 Å². The van der Waals surface area contributed by atoms with E-state index in [1.54, 1.807) is 25.3 Å². The Balaban J connectivity index is 0.00000253. The smallest absolute Gasteiger partial charge is 0.488 e. The van der Waals surface area contributed by atoms with Gasteiger partial charge in [0, 0.05) is 11.3 Å². The van der Waals surface area contributed by atoms with Crippen LogP contribution in [0.1, 0.15) is 45.1 Å². The van der Waals surface area contributed by atoms with Crippen LogP contribution in [-0.4, -0.2) is 42.6 Å². The standard InChI is InChI=1S/C20H30N5O.C2H4.K/c1-5-6-11-25(4)18(24-3)13-17(22)19(23)15-12-14(7-8-16(15)21)26-20(2)9-10-20;1-2;/h7-8,12-13,22-23H,5-6,9-11,21H2,1-4H3;1-2H2;/q-1;;+1/b18-13+,22-17?,23-19?;;. The van der Waals surface area contributed by atoms with Crippen molar-refractivity contribution in [3.05, 3.63) is 54.1 Å². The monoisotopic (exact) mass is 423 g/mol. The molecule has 29 heavy (non-hydrogen) atoms. The number of hydrogen-bond donors (Lipinski definition) is 3. The molecule has 0 unspecified atom stereocenters. The summed E-state index contributed by atoms with van der Waals surface area (Å²) >= 11 is 0. The first-order valence-corrected chi connectivity index (χ1v) is 9.58. The molecule has 0 aliphatic heterocycles. The quantitative estimate of drug-likeness (QED) is 0.232. The van der Waals surface area contributed by atoms with Crippen LogP contribution in [0.4, 0.5) is 5.69 Å². The molecule has 1 saturated carbocycles. The molecule has 0 heterocycles. The van der Waals surface area contributed by atoms with Gasteiger partial charge in [-0.05, 0) is 44.0 Å². The molecule has 0 bridgehead atoms. The number of unbranched alkanes of at least 4 members (excludes halogenated alkanes) is 1. The summed E-state index contributed by atoms with van der Waals surface area (Å²) in [4.78, 5) is 2.00. The molecule has 0 radical (unpaired) electrons. The third kappa shape index (κ3) is 8.64. The molecule has 1 aromatic carbocycles. The van der Waals surface area contributed by atoms with E-state index in [1.165, 1.54) is 0 Å². The number of benzene rings is 1. The molecule has 1 fully saturated rings. The molecule has 0 spiro atoms. The normalized spacial score (nSPS) is 13.9. The van der Waals surface area contributed by atoms with Gasteiger partial charge in [-0.25, -0.2) is 0 Å². The summed E-state index contributed by atoms with van der Waals surface area (Å²) < 4.78 is 5.96. The first-order valence-electron chi connectivity index (χ1n) is 9.58. The van der Waals surface area contributed by atoms with Gasteiger partial charge in [-0.3, -0.25) is 10.8 Å². The fourth-order valence-corrected chi connectivity index (χ4v) is 2.58. The average molecular weight is 424 g/mol. The Labute approximate surface area is 218 Å². The first-order chi connectivity index (χ1) is 13.3. The van der Waals surface area contributed by atoms with Crippen LogP contribution in [0.2, 0.25) is 0 Å². The second kappa shape index (κ2) is 13.2. The summed E-state index contributed by atoms with van der Waals surface area (Å²) in [6, 6.07) is 5.31.